The zero-order valence-corrected chi connectivity index (χ0v) is 11.9. The molecule has 1 saturated heterocycles. The van der Waals surface area contributed by atoms with E-state index in [-0.39, 0.29) is 0 Å². The predicted octanol–water partition coefficient (Wildman–Crippen LogP) is 0.637. The second kappa shape index (κ2) is 8.03. The summed E-state index contributed by atoms with van der Waals surface area (Å²) in [6, 6.07) is 0.568. The number of rotatable bonds is 7. The van der Waals surface area contributed by atoms with Gasteiger partial charge in [0.1, 0.15) is 0 Å². The molecule has 0 saturated carbocycles. The highest BCUT2D eigenvalue weighted by Crippen LogP contribution is 2.04. The van der Waals surface area contributed by atoms with E-state index in [2.05, 4.69) is 43.1 Å². The summed E-state index contributed by atoms with van der Waals surface area (Å²) in [6.45, 7) is 10.8. The van der Waals surface area contributed by atoms with Crippen LogP contribution in [-0.2, 0) is 4.74 Å². The van der Waals surface area contributed by atoms with Crippen molar-refractivity contribution in [2.45, 2.75) is 32.4 Å². The smallest absolute Gasteiger partial charge is 0.0826 e. The van der Waals surface area contributed by atoms with Gasteiger partial charge in [-0.1, -0.05) is 6.92 Å². The fraction of sp³-hybridized carbons (Fsp3) is 1.00. The van der Waals surface area contributed by atoms with Crippen LogP contribution in [0.1, 0.15) is 20.3 Å². The molecule has 102 valence electrons. The Hall–Kier alpha value is -0.160. The van der Waals surface area contributed by atoms with E-state index in [1.165, 1.54) is 6.42 Å². The molecule has 0 radical (unpaired) electrons. The maximum atomic E-state index is 5.77. The van der Waals surface area contributed by atoms with Crippen molar-refractivity contribution in [3.05, 3.63) is 0 Å². The molecule has 0 amide bonds. The molecular formula is C13H29N3O. The topological polar surface area (TPSA) is 27.7 Å². The summed E-state index contributed by atoms with van der Waals surface area (Å²) in [5.74, 6) is 0. The lowest BCUT2D eigenvalue weighted by Gasteiger charge is -2.32. The van der Waals surface area contributed by atoms with Crippen molar-refractivity contribution in [2.75, 3.05) is 53.4 Å². The van der Waals surface area contributed by atoms with Crippen LogP contribution in [-0.4, -0.2) is 75.4 Å². The van der Waals surface area contributed by atoms with Gasteiger partial charge in [0.2, 0.25) is 0 Å². The van der Waals surface area contributed by atoms with E-state index in [1.807, 2.05) is 0 Å². The summed E-state index contributed by atoms with van der Waals surface area (Å²) in [7, 11) is 4.24. The van der Waals surface area contributed by atoms with Crippen molar-refractivity contribution >= 4 is 0 Å². The third-order valence-electron chi connectivity index (χ3n) is 3.37. The van der Waals surface area contributed by atoms with Gasteiger partial charge in [-0.05, 0) is 40.5 Å². The quantitative estimate of drug-likeness (QED) is 0.710. The largest absolute Gasteiger partial charge is 0.374 e. The molecule has 1 fully saturated rings. The molecule has 4 nitrogen and oxygen atoms in total. The monoisotopic (exact) mass is 243 g/mol. The van der Waals surface area contributed by atoms with Crippen LogP contribution in [0.5, 0.6) is 0 Å². The summed E-state index contributed by atoms with van der Waals surface area (Å²) in [5, 5.41) is 3.57. The molecule has 0 bridgehead atoms. The molecule has 1 N–H and O–H groups in total. The second-order valence-electron chi connectivity index (χ2n) is 5.29. The first-order chi connectivity index (χ1) is 8.11. The molecular weight excluding hydrogens is 214 g/mol. The Morgan fingerprint density at radius 2 is 2.24 bits per heavy atom. The molecule has 0 aromatic rings. The van der Waals surface area contributed by atoms with Gasteiger partial charge in [0, 0.05) is 25.7 Å². The fourth-order valence-corrected chi connectivity index (χ4v) is 2.08. The first kappa shape index (κ1) is 14.9. The van der Waals surface area contributed by atoms with Crippen LogP contribution in [0.3, 0.4) is 0 Å². The van der Waals surface area contributed by atoms with E-state index in [0.29, 0.717) is 12.1 Å². The number of hydrogen-bond acceptors (Lipinski definition) is 4. The molecule has 1 aliphatic rings. The molecule has 17 heavy (non-hydrogen) atoms. The van der Waals surface area contributed by atoms with Crippen molar-refractivity contribution < 1.29 is 4.74 Å². The molecule has 1 aliphatic heterocycles. The summed E-state index contributed by atoms with van der Waals surface area (Å²) in [6.07, 6.45) is 1.56. The normalized spacial score (nSPS) is 24.2. The lowest BCUT2D eigenvalue weighted by molar-refractivity contribution is -0.0262. The lowest BCUT2D eigenvalue weighted by Crippen LogP contribution is -2.47. The predicted molar refractivity (Wildman–Crippen MR) is 72.5 cm³/mol. The van der Waals surface area contributed by atoms with Gasteiger partial charge in [-0.3, -0.25) is 4.90 Å². The highest BCUT2D eigenvalue weighted by atomic mass is 16.5. The van der Waals surface area contributed by atoms with Gasteiger partial charge in [-0.2, -0.15) is 0 Å². The number of morpholine rings is 1. The molecule has 0 aromatic carbocycles. The Kier molecular flexibility index (Phi) is 7.04. The number of likely N-dealkylation sites (N-methyl/N-ethyl adjacent to an activating group) is 1. The minimum Gasteiger partial charge on any atom is -0.374 e. The number of hydrogen-bond donors (Lipinski definition) is 1. The van der Waals surface area contributed by atoms with Crippen LogP contribution < -0.4 is 5.32 Å². The fourth-order valence-electron chi connectivity index (χ4n) is 2.08. The van der Waals surface area contributed by atoms with Gasteiger partial charge in [-0.15, -0.1) is 0 Å². The summed E-state index contributed by atoms with van der Waals surface area (Å²) < 4.78 is 5.77. The van der Waals surface area contributed by atoms with Crippen molar-refractivity contribution in [2.24, 2.45) is 0 Å². The summed E-state index contributed by atoms with van der Waals surface area (Å²) >= 11 is 0. The van der Waals surface area contributed by atoms with Gasteiger partial charge in [0.15, 0.2) is 0 Å². The molecule has 2 unspecified atom stereocenters. The van der Waals surface area contributed by atoms with Crippen LogP contribution in [0.15, 0.2) is 0 Å². The average Bonchev–Trinajstić information content (AvgIpc) is 2.34. The maximum Gasteiger partial charge on any atom is 0.0826 e. The molecule has 0 aromatic heterocycles. The molecule has 1 rings (SSSR count). The first-order valence-corrected chi connectivity index (χ1v) is 6.84. The van der Waals surface area contributed by atoms with Gasteiger partial charge < -0.3 is 15.0 Å². The van der Waals surface area contributed by atoms with Crippen molar-refractivity contribution in [1.29, 1.82) is 0 Å². The van der Waals surface area contributed by atoms with Gasteiger partial charge in [-0.25, -0.2) is 0 Å². The van der Waals surface area contributed by atoms with Crippen LogP contribution in [0.4, 0.5) is 0 Å². The zero-order valence-electron chi connectivity index (χ0n) is 11.9. The average molecular weight is 243 g/mol. The highest BCUT2D eigenvalue weighted by Gasteiger charge is 2.19. The zero-order chi connectivity index (χ0) is 12.7. The van der Waals surface area contributed by atoms with Gasteiger partial charge in [0.05, 0.1) is 12.7 Å². The summed E-state index contributed by atoms with van der Waals surface area (Å²) in [4.78, 5) is 4.69. The van der Waals surface area contributed by atoms with Crippen molar-refractivity contribution in [3.63, 3.8) is 0 Å². The minimum atomic E-state index is 0.366. The summed E-state index contributed by atoms with van der Waals surface area (Å²) in [5.41, 5.74) is 0. The Labute approximate surface area is 106 Å². The SMILES string of the molecule is CCN1CCOC(CNC(C)CCN(C)C)C1. The van der Waals surface area contributed by atoms with E-state index in [1.54, 1.807) is 0 Å². The second-order valence-corrected chi connectivity index (χ2v) is 5.29. The van der Waals surface area contributed by atoms with Crippen molar-refractivity contribution in [3.8, 4) is 0 Å². The Morgan fingerprint density at radius 3 is 2.88 bits per heavy atom. The number of ether oxygens (including phenoxy) is 1. The minimum absolute atomic E-state index is 0.366. The number of nitrogens with one attached hydrogen (secondary N) is 1. The van der Waals surface area contributed by atoms with E-state index in [4.69, 9.17) is 4.74 Å². The van der Waals surface area contributed by atoms with Crippen LogP contribution in [0.2, 0.25) is 0 Å². The Balaban J connectivity index is 2.12. The third-order valence-corrected chi connectivity index (χ3v) is 3.37. The van der Waals surface area contributed by atoms with Gasteiger partial charge in [0.25, 0.3) is 0 Å². The van der Waals surface area contributed by atoms with E-state index >= 15 is 0 Å². The van der Waals surface area contributed by atoms with E-state index in [0.717, 1.165) is 39.3 Å². The Bertz CT molecular complexity index is 199. The third kappa shape index (κ3) is 6.36. The van der Waals surface area contributed by atoms with E-state index < -0.39 is 0 Å². The molecule has 0 spiro atoms. The Morgan fingerprint density at radius 1 is 1.47 bits per heavy atom. The number of nitrogens with zero attached hydrogens (tertiary/aromatic N) is 2. The molecule has 0 aliphatic carbocycles. The highest BCUT2D eigenvalue weighted by molar-refractivity contribution is 4.74. The van der Waals surface area contributed by atoms with Crippen LogP contribution in [0.25, 0.3) is 0 Å². The van der Waals surface area contributed by atoms with Crippen molar-refractivity contribution in [1.82, 2.24) is 15.1 Å². The molecule has 4 heteroatoms. The van der Waals surface area contributed by atoms with Crippen LogP contribution >= 0.6 is 0 Å². The van der Waals surface area contributed by atoms with Gasteiger partial charge >= 0.3 is 0 Å². The lowest BCUT2D eigenvalue weighted by atomic mass is 10.2. The molecule has 2 atom stereocenters. The standard InChI is InChI=1S/C13H29N3O/c1-5-16-8-9-17-13(11-16)10-14-12(2)6-7-15(3)4/h12-14H,5-11H2,1-4H3. The van der Waals surface area contributed by atoms with E-state index in [9.17, 15) is 0 Å². The van der Waals surface area contributed by atoms with Crippen LogP contribution in [0, 0.1) is 0 Å². The first-order valence-electron chi connectivity index (χ1n) is 6.84. The molecule has 1 heterocycles. The maximum absolute atomic E-state index is 5.77.